The van der Waals surface area contributed by atoms with Crippen molar-refractivity contribution >= 4 is 5.91 Å². The second-order valence-corrected chi connectivity index (χ2v) is 5.56. The average molecular weight is 285 g/mol. The minimum absolute atomic E-state index is 0.176. The number of carbonyl (C=O) groups excluding carboxylic acids is 1. The number of carbonyl (C=O) groups is 1. The maximum absolute atomic E-state index is 11.7. The zero-order valence-corrected chi connectivity index (χ0v) is 13.2. The third kappa shape index (κ3) is 8.51. The van der Waals surface area contributed by atoms with Gasteiger partial charge in [0.05, 0.1) is 13.2 Å². The molecule has 20 heavy (non-hydrogen) atoms. The fourth-order valence-corrected chi connectivity index (χ4v) is 2.28. The van der Waals surface area contributed by atoms with Crippen molar-refractivity contribution in [3.05, 3.63) is 0 Å². The molecule has 0 spiro atoms. The molecule has 1 aliphatic rings. The molecule has 0 aliphatic carbocycles. The van der Waals surface area contributed by atoms with Crippen LogP contribution in [0.2, 0.25) is 0 Å². The molecule has 1 N–H and O–H groups in total. The van der Waals surface area contributed by atoms with E-state index in [0.29, 0.717) is 6.42 Å². The number of amides is 1. The molecule has 0 unspecified atom stereocenters. The van der Waals surface area contributed by atoms with Gasteiger partial charge in [-0.25, -0.2) is 0 Å². The SMILES string of the molecule is CCCCN(C)CCC(=O)NCCCN1CCOCC1. The van der Waals surface area contributed by atoms with Crippen LogP contribution in [-0.4, -0.2) is 75.2 Å². The van der Waals surface area contributed by atoms with Gasteiger partial charge in [-0.05, 0) is 33.0 Å². The Morgan fingerprint density at radius 3 is 2.70 bits per heavy atom. The van der Waals surface area contributed by atoms with Gasteiger partial charge in [0.25, 0.3) is 0 Å². The molecule has 118 valence electrons. The molecule has 0 atom stereocenters. The zero-order chi connectivity index (χ0) is 14.6. The molecule has 1 rings (SSSR count). The number of nitrogens with one attached hydrogen (secondary N) is 1. The molecular formula is C15H31N3O2. The van der Waals surface area contributed by atoms with Crippen LogP contribution >= 0.6 is 0 Å². The lowest BCUT2D eigenvalue weighted by Crippen LogP contribution is -2.38. The van der Waals surface area contributed by atoms with Crippen LogP contribution in [0, 0.1) is 0 Å². The number of unbranched alkanes of at least 4 members (excludes halogenated alkanes) is 1. The van der Waals surface area contributed by atoms with Crippen LogP contribution in [-0.2, 0) is 9.53 Å². The Hall–Kier alpha value is -0.650. The molecule has 5 nitrogen and oxygen atoms in total. The van der Waals surface area contributed by atoms with E-state index < -0.39 is 0 Å². The first-order chi connectivity index (χ1) is 9.72. The van der Waals surface area contributed by atoms with Gasteiger partial charge in [-0.3, -0.25) is 9.69 Å². The quantitative estimate of drug-likeness (QED) is 0.607. The van der Waals surface area contributed by atoms with E-state index in [2.05, 4.69) is 29.1 Å². The Kier molecular flexibility index (Phi) is 9.62. The summed E-state index contributed by atoms with van der Waals surface area (Å²) in [6.07, 6.45) is 4.05. The van der Waals surface area contributed by atoms with Crippen molar-refractivity contribution in [3.63, 3.8) is 0 Å². The van der Waals surface area contributed by atoms with Crippen LogP contribution < -0.4 is 5.32 Å². The highest BCUT2D eigenvalue weighted by molar-refractivity contribution is 5.75. The Balaban J connectivity index is 1.94. The van der Waals surface area contributed by atoms with Crippen LogP contribution in [0.25, 0.3) is 0 Å². The summed E-state index contributed by atoms with van der Waals surface area (Å²) in [4.78, 5) is 16.3. The molecule has 0 aromatic heterocycles. The van der Waals surface area contributed by atoms with E-state index in [9.17, 15) is 4.79 Å². The van der Waals surface area contributed by atoms with Gasteiger partial charge in [0.15, 0.2) is 0 Å². The highest BCUT2D eigenvalue weighted by atomic mass is 16.5. The zero-order valence-electron chi connectivity index (χ0n) is 13.2. The number of rotatable bonds is 10. The highest BCUT2D eigenvalue weighted by Crippen LogP contribution is 1.97. The summed E-state index contributed by atoms with van der Waals surface area (Å²) in [5.74, 6) is 0.176. The van der Waals surface area contributed by atoms with Gasteiger partial charge in [-0.2, -0.15) is 0 Å². The summed E-state index contributed by atoms with van der Waals surface area (Å²) in [5.41, 5.74) is 0. The van der Waals surface area contributed by atoms with Crippen molar-refractivity contribution in [1.29, 1.82) is 0 Å². The smallest absolute Gasteiger partial charge is 0.221 e. The second kappa shape index (κ2) is 11.1. The van der Waals surface area contributed by atoms with Crippen molar-refractivity contribution in [3.8, 4) is 0 Å². The summed E-state index contributed by atoms with van der Waals surface area (Å²) >= 11 is 0. The van der Waals surface area contributed by atoms with Gasteiger partial charge in [-0.1, -0.05) is 13.3 Å². The maximum atomic E-state index is 11.7. The summed E-state index contributed by atoms with van der Waals surface area (Å²) in [7, 11) is 2.08. The lowest BCUT2D eigenvalue weighted by molar-refractivity contribution is -0.121. The van der Waals surface area contributed by atoms with E-state index in [1.807, 2.05) is 0 Å². The van der Waals surface area contributed by atoms with Crippen molar-refractivity contribution in [2.45, 2.75) is 32.6 Å². The number of hydrogen-bond donors (Lipinski definition) is 1. The topological polar surface area (TPSA) is 44.8 Å². The van der Waals surface area contributed by atoms with Gasteiger partial charge in [0, 0.05) is 32.6 Å². The summed E-state index contributed by atoms with van der Waals surface area (Å²) in [5, 5.41) is 3.01. The molecule has 0 aromatic carbocycles. The summed E-state index contributed by atoms with van der Waals surface area (Å²) in [6, 6.07) is 0. The first-order valence-corrected chi connectivity index (χ1v) is 7.97. The molecule has 1 saturated heterocycles. The summed E-state index contributed by atoms with van der Waals surface area (Å²) in [6.45, 7) is 9.71. The van der Waals surface area contributed by atoms with Crippen molar-refractivity contribution < 1.29 is 9.53 Å². The average Bonchev–Trinajstić information content (AvgIpc) is 2.48. The largest absolute Gasteiger partial charge is 0.379 e. The standard InChI is InChI=1S/C15H31N3O2/c1-3-4-8-17(2)10-6-15(19)16-7-5-9-18-11-13-20-14-12-18/h3-14H2,1-2H3,(H,16,19). The number of ether oxygens (including phenoxy) is 1. The Labute approximate surface area is 123 Å². The molecule has 5 heteroatoms. The fraction of sp³-hybridized carbons (Fsp3) is 0.933. The van der Waals surface area contributed by atoms with Crippen LogP contribution in [0.4, 0.5) is 0 Å². The Morgan fingerprint density at radius 1 is 1.25 bits per heavy atom. The predicted molar refractivity (Wildman–Crippen MR) is 81.9 cm³/mol. The molecule has 1 fully saturated rings. The van der Waals surface area contributed by atoms with Gasteiger partial charge < -0.3 is 15.0 Å². The number of nitrogens with zero attached hydrogens (tertiary/aromatic N) is 2. The molecule has 1 aliphatic heterocycles. The fourth-order valence-electron chi connectivity index (χ4n) is 2.28. The van der Waals surface area contributed by atoms with E-state index in [1.54, 1.807) is 0 Å². The van der Waals surface area contributed by atoms with E-state index in [4.69, 9.17) is 4.74 Å². The first-order valence-electron chi connectivity index (χ1n) is 7.97. The minimum Gasteiger partial charge on any atom is -0.379 e. The number of morpholine rings is 1. The van der Waals surface area contributed by atoms with Gasteiger partial charge in [-0.15, -0.1) is 0 Å². The van der Waals surface area contributed by atoms with Crippen molar-refractivity contribution in [2.75, 3.05) is 59.5 Å². The molecule has 0 bridgehead atoms. The van der Waals surface area contributed by atoms with E-state index >= 15 is 0 Å². The molecule has 0 saturated carbocycles. The molecular weight excluding hydrogens is 254 g/mol. The molecule has 0 radical (unpaired) electrons. The van der Waals surface area contributed by atoms with E-state index in [-0.39, 0.29) is 5.91 Å². The normalized spacial score (nSPS) is 16.6. The lowest BCUT2D eigenvalue weighted by atomic mass is 10.3. The number of hydrogen-bond acceptors (Lipinski definition) is 4. The van der Waals surface area contributed by atoms with Crippen LogP contribution in [0.1, 0.15) is 32.6 Å². The third-order valence-corrected chi connectivity index (χ3v) is 3.69. The molecule has 0 aromatic rings. The maximum Gasteiger partial charge on any atom is 0.221 e. The van der Waals surface area contributed by atoms with Gasteiger partial charge in [0.2, 0.25) is 5.91 Å². The first kappa shape index (κ1) is 17.4. The van der Waals surface area contributed by atoms with Crippen LogP contribution in [0.5, 0.6) is 0 Å². The van der Waals surface area contributed by atoms with E-state index in [0.717, 1.165) is 58.9 Å². The van der Waals surface area contributed by atoms with Crippen molar-refractivity contribution in [2.24, 2.45) is 0 Å². The molecule has 1 heterocycles. The monoisotopic (exact) mass is 285 g/mol. The predicted octanol–water partition coefficient (Wildman–Crippen LogP) is 0.947. The van der Waals surface area contributed by atoms with Crippen LogP contribution in [0.15, 0.2) is 0 Å². The Bertz CT molecular complexity index is 256. The van der Waals surface area contributed by atoms with Crippen molar-refractivity contribution in [1.82, 2.24) is 15.1 Å². The second-order valence-electron chi connectivity index (χ2n) is 5.56. The van der Waals surface area contributed by atoms with Gasteiger partial charge >= 0.3 is 0 Å². The highest BCUT2D eigenvalue weighted by Gasteiger charge is 2.09. The Morgan fingerprint density at radius 2 is 2.00 bits per heavy atom. The minimum atomic E-state index is 0.176. The third-order valence-electron chi connectivity index (χ3n) is 3.69. The molecule has 1 amide bonds. The van der Waals surface area contributed by atoms with Crippen LogP contribution in [0.3, 0.4) is 0 Å². The summed E-state index contributed by atoms with van der Waals surface area (Å²) < 4.78 is 5.31. The van der Waals surface area contributed by atoms with E-state index in [1.165, 1.54) is 12.8 Å². The van der Waals surface area contributed by atoms with Gasteiger partial charge in [0.1, 0.15) is 0 Å². The lowest BCUT2D eigenvalue weighted by Gasteiger charge is -2.26.